The molecule has 0 fully saturated rings. The molecule has 1 aliphatic rings. The summed E-state index contributed by atoms with van der Waals surface area (Å²) in [6.07, 6.45) is 1.55. The fraction of sp³-hybridized carbons (Fsp3) is 0.143. The Hall–Kier alpha value is -3.14. The molecular weight excluding hydrogens is 312 g/mol. The van der Waals surface area contributed by atoms with Gasteiger partial charge in [0.25, 0.3) is 11.8 Å². The Bertz CT molecular complexity index is 879. The molecule has 0 radical (unpaired) electrons. The highest BCUT2D eigenvalue weighted by Gasteiger charge is 2.38. The molecule has 25 heavy (non-hydrogen) atoms. The summed E-state index contributed by atoms with van der Waals surface area (Å²) in [4.78, 5) is 26.8. The van der Waals surface area contributed by atoms with Gasteiger partial charge in [0.1, 0.15) is 5.70 Å². The second kappa shape index (κ2) is 6.77. The van der Waals surface area contributed by atoms with Crippen LogP contribution in [0.3, 0.4) is 0 Å². The van der Waals surface area contributed by atoms with E-state index in [0.29, 0.717) is 11.3 Å². The molecule has 2 aromatic rings. The number of nitrogens with zero attached hydrogens (tertiary/aromatic N) is 1. The number of anilines is 1. The van der Waals surface area contributed by atoms with Crippen LogP contribution in [0.1, 0.15) is 16.7 Å². The van der Waals surface area contributed by atoms with Crippen molar-refractivity contribution >= 4 is 23.1 Å². The van der Waals surface area contributed by atoms with Gasteiger partial charge >= 0.3 is 0 Å². The highest BCUT2D eigenvalue weighted by Crippen LogP contribution is 2.30. The van der Waals surface area contributed by atoms with Gasteiger partial charge < -0.3 is 5.32 Å². The van der Waals surface area contributed by atoms with Gasteiger partial charge in [0.05, 0.1) is 5.57 Å². The second-order valence-corrected chi connectivity index (χ2v) is 6.12. The minimum atomic E-state index is -0.331. The molecule has 0 aliphatic carbocycles. The van der Waals surface area contributed by atoms with Crippen molar-refractivity contribution < 1.29 is 9.59 Å². The van der Waals surface area contributed by atoms with Gasteiger partial charge in [0, 0.05) is 12.2 Å². The zero-order valence-electron chi connectivity index (χ0n) is 14.4. The molecule has 126 valence electrons. The van der Waals surface area contributed by atoms with E-state index >= 15 is 0 Å². The van der Waals surface area contributed by atoms with Crippen LogP contribution in [0.5, 0.6) is 0 Å². The summed E-state index contributed by atoms with van der Waals surface area (Å²) in [6.45, 7) is 7.78. The van der Waals surface area contributed by atoms with Crippen molar-refractivity contribution in [3.63, 3.8) is 0 Å². The summed E-state index contributed by atoms with van der Waals surface area (Å²) in [6, 6.07) is 15.3. The van der Waals surface area contributed by atoms with E-state index in [2.05, 4.69) is 11.9 Å². The van der Waals surface area contributed by atoms with E-state index in [9.17, 15) is 9.59 Å². The fourth-order valence-corrected chi connectivity index (χ4v) is 2.84. The van der Waals surface area contributed by atoms with Crippen molar-refractivity contribution in [1.82, 2.24) is 4.90 Å². The summed E-state index contributed by atoms with van der Waals surface area (Å²) < 4.78 is 0. The molecule has 4 heteroatoms. The molecule has 0 saturated heterocycles. The van der Waals surface area contributed by atoms with Gasteiger partial charge in [-0.2, -0.15) is 0 Å². The topological polar surface area (TPSA) is 49.4 Å². The number of benzene rings is 2. The van der Waals surface area contributed by atoms with Crippen molar-refractivity contribution in [2.45, 2.75) is 13.8 Å². The van der Waals surface area contributed by atoms with Crippen LogP contribution in [0.4, 0.5) is 5.69 Å². The molecule has 1 N–H and O–H groups in total. The molecule has 2 aromatic carbocycles. The zero-order chi connectivity index (χ0) is 18.0. The average molecular weight is 332 g/mol. The lowest BCUT2D eigenvalue weighted by Crippen LogP contribution is -2.32. The van der Waals surface area contributed by atoms with E-state index in [4.69, 9.17) is 0 Å². The van der Waals surface area contributed by atoms with Crippen LogP contribution in [0.15, 0.2) is 66.9 Å². The lowest BCUT2D eigenvalue weighted by atomic mass is 10.0. The van der Waals surface area contributed by atoms with Crippen molar-refractivity contribution in [2.24, 2.45) is 0 Å². The molecule has 4 nitrogen and oxygen atoms in total. The predicted molar refractivity (Wildman–Crippen MR) is 99.8 cm³/mol. The molecule has 0 saturated carbocycles. The zero-order valence-corrected chi connectivity index (χ0v) is 14.4. The minimum absolute atomic E-state index is 0.187. The van der Waals surface area contributed by atoms with Crippen molar-refractivity contribution in [3.05, 3.63) is 83.6 Å². The Morgan fingerprint density at radius 2 is 1.72 bits per heavy atom. The summed E-state index contributed by atoms with van der Waals surface area (Å²) in [7, 11) is 0. The smallest absolute Gasteiger partial charge is 0.278 e. The largest absolute Gasteiger partial charge is 0.350 e. The van der Waals surface area contributed by atoms with Crippen LogP contribution in [0.2, 0.25) is 0 Å². The van der Waals surface area contributed by atoms with Crippen LogP contribution in [-0.2, 0) is 9.59 Å². The summed E-state index contributed by atoms with van der Waals surface area (Å²) in [5.41, 5.74) is 4.38. The van der Waals surface area contributed by atoms with Crippen LogP contribution >= 0.6 is 0 Å². The van der Waals surface area contributed by atoms with Gasteiger partial charge in [-0.15, -0.1) is 6.58 Å². The fourth-order valence-electron chi connectivity index (χ4n) is 2.84. The molecule has 0 spiro atoms. The Labute approximate surface area is 147 Å². The first-order chi connectivity index (χ1) is 12.0. The number of carbonyl (C=O) groups excluding carboxylic acids is 2. The maximum absolute atomic E-state index is 12.8. The van der Waals surface area contributed by atoms with Crippen molar-refractivity contribution in [1.29, 1.82) is 0 Å². The standard InChI is InChI=1S/C21H20N2O2/c1-4-12-23-20(24)18(16-10-8-14(2)9-11-16)19(21(23)25)22-17-7-5-6-15(3)13-17/h4-11,13,22H,1,12H2,2-3H3. The van der Waals surface area contributed by atoms with Crippen molar-refractivity contribution in [3.8, 4) is 0 Å². The van der Waals surface area contributed by atoms with Crippen LogP contribution in [0, 0.1) is 13.8 Å². The Morgan fingerprint density at radius 3 is 2.36 bits per heavy atom. The lowest BCUT2D eigenvalue weighted by molar-refractivity contribution is -0.136. The first-order valence-electron chi connectivity index (χ1n) is 8.13. The number of aryl methyl sites for hydroxylation is 2. The molecule has 0 atom stereocenters. The highest BCUT2D eigenvalue weighted by atomic mass is 16.2. The minimum Gasteiger partial charge on any atom is -0.350 e. The van der Waals surface area contributed by atoms with Gasteiger partial charge in [-0.05, 0) is 37.1 Å². The van der Waals surface area contributed by atoms with E-state index in [1.165, 1.54) is 4.90 Å². The number of carbonyl (C=O) groups is 2. The third-order valence-electron chi connectivity index (χ3n) is 4.11. The monoisotopic (exact) mass is 332 g/mol. The highest BCUT2D eigenvalue weighted by molar-refractivity contribution is 6.36. The first-order valence-corrected chi connectivity index (χ1v) is 8.13. The van der Waals surface area contributed by atoms with Gasteiger partial charge in [0.15, 0.2) is 0 Å². The Morgan fingerprint density at radius 1 is 1.00 bits per heavy atom. The van der Waals surface area contributed by atoms with Gasteiger partial charge in [-0.1, -0.05) is 48.0 Å². The van der Waals surface area contributed by atoms with Gasteiger partial charge in [0.2, 0.25) is 0 Å². The molecule has 0 unspecified atom stereocenters. The van der Waals surface area contributed by atoms with Crippen LogP contribution < -0.4 is 5.32 Å². The van der Waals surface area contributed by atoms with E-state index < -0.39 is 0 Å². The molecule has 1 aliphatic heterocycles. The maximum Gasteiger partial charge on any atom is 0.278 e. The number of amides is 2. The molecule has 3 rings (SSSR count). The molecule has 0 bridgehead atoms. The SMILES string of the molecule is C=CCN1C(=O)C(Nc2cccc(C)c2)=C(c2ccc(C)cc2)C1=O. The first kappa shape index (κ1) is 16.7. The number of hydrogen-bond acceptors (Lipinski definition) is 3. The van der Waals surface area contributed by atoms with Crippen LogP contribution in [0.25, 0.3) is 5.57 Å². The maximum atomic E-state index is 12.8. The lowest BCUT2D eigenvalue weighted by Gasteiger charge is -2.12. The normalized spacial score (nSPS) is 14.2. The number of hydrogen-bond donors (Lipinski definition) is 1. The predicted octanol–water partition coefficient (Wildman–Crippen LogP) is 3.68. The molecule has 1 heterocycles. The summed E-state index contributed by atoms with van der Waals surface area (Å²) >= 11 is 0. The molecular formula is C21H20N2O2. The second-order valence-electron chi connectivity index (χ2n) is 6.12. The summed E-state index contributed by atoms with van der Waals surface area (Å²) in [5, 5.41) is 3.15. The third-order valence-corrected chi connectivity index (χ3v) is 4.11. The molecule has 0 aromatic heterocycles. The third kappa shape index (κ3) is 3.24. The quantitative estimate of drug-likeness (QED) is 0.671. The number of imide groups is 1. The number of nitrogens with one attached hydrogen (secondary N) is 1. The van der Waals surface area contributed by atoms with Gasteiger partial charge in [-0.25, -0.2) is 0 Å². The Kier molecular flexibility index (Phi) is 4.52. The molecule has 2 amide bonds. The van der Waals surface area contributed by atoms with E-state index in [1.54, 1.807) is 6.08 Å². The summed E-state index contributed by atoms with van der Waals surface area (Å²) in [5.74, 6) is -0.633. The van der Waals surface area contributed by atoms with Gasteiger partial charge in [-0.3, -0.25) is 14.5 Å². The van der Waals surface area contributed by atoms with Crippen LogP contribution in [-0.4, -0.2) is 23.3 Å². The Balaban J connectivity index is 2.08. The van der Waals surface area contributed by atoms with Crippen molar-refractivity contribution in [2.75, 3.05) is 11.9 Å². The number of rotatable bonds is 5. The van der Waals surface area contributed by atoms with E-state index in [0.717, 1.165) is 22.4 Å². The van der Waals surface area contributed by atoms with E-state index in [-0.39, 0.29) is 18.4 Å². The van der Waals surface area contributed by atoms with E-state index in [1.807, 2.05) is 62.4 Å². The average Bonchev–Trinajstić information content (AvgIpc) is 2.81.